The van der Waals surface area contributed by atoms with Crippen LogP contribution in [-0.2, 0) is 20.5 Å². The highest BCUT2D eigenvalue weighted by Crippen LogP contribution is 2.22. The summed E-state index contributed by atoms with van der Waals surface area (Å²) in [5.74, 6) is -0.465. The zero-order valence-corrected chi connectivity index (χ0v) is 16.3. The van der Waals surface area contributed by atoms with Gasteiger partial charge in [-0.25, -0.2) is 17.5 Å². The number of benzene rings is 2. The van der Waals surface area contributed by atoms with E-state index in [2.05, 4.69) is 9.62 Å². The van der Waals surface area contributed by atoms with E-state index in [9.17, 15) is 12.8 Å². The smallest absolute Gasteiger partial charge is 0.215 e. The summed E-state index contributed by atoms with van der Waals surface area (Å²) in [6, 6.07) is 12.8. The van der Waals surface area contributed by atoms with Crippen LogP contribution in [0.5, 0.6) is 0 Å². The minimum absolute atomic E-state index is 0.146. The number of rotatable bonds is 7. The molecule has 0 radical (unpaired) electrons. The number of sulfonamides is 1. The molecule has 2 aromatic carbocycles. The average molecular weight is 413 g/mol. The van der Waals surface area contributed by atoms with Crippen molar-refractivity contribution in [3.63, 3.8) is 0 Å². The Bertz CT molecular complexity index is 856. The zero-order valence-electron chi connectivity index (χ0n) is 14.8. The number of hydrogen-bond acceptors (Lipinski definition) is 4. The summed E-state index contributed by atoms with van der Waals surface area (Å²) in [5, 5.41) is 0.500. The van der Waals surface area contributed by atoms with Crippen LogP contribution in [0.1, 0.15) is 17.2 Å². The van der Waals surface area contributed by atoms with E-state index in [1.165, 1.54) is 12.1 Å². The van der Waals surface area contributed by atoms with Crippen LogP contribution in [0.2, 0.25) is 5.02 Å². The third kappa shape index (κ3) is 5.99. The molecule has 1 heterocycles. The monoisotopic (exact) mass is 412 g/mol. The highest BCUT2D eigenvalue weighted by Gasteiger charge is 2.24. The third-order valence-corrected chi connectivity index (χ3v) is 6.04. The number of ether oxygens (including phenoxy) is 1. The Morgan fingerprint density at radius 3 is 2.52 bits per heavy atom. The van der Waals surface area contributed by atoms with E-state index >= 15 is 0 Å². The normalized spacial score (nSPS) is 17.0. The lowest BCUT2D eigenvalue weighted by Gasteiger charge is -2.34. The van der Waals surface area contributed by atoms with Crippen molar-refractivity contribution in [3.8, 4) is 0 Å². The van der Waals surface area contributed by atoms with Gasteiger partial charge in [-0.3, -0.25) is 4.90 Å². The van der Waals surface area contributed by atoms with E-state index in [-0.39, 0.29) is 24.2 Å². The maximum Gasteiger partial charge on any atom is 0.215 e. The highest BCUT2D eigenvalue weighted by molar-refractivity contribution is 7.88. The van der Waals surface area contributed by atoms with Crippen molar-refractivity contribution in [1.29, 1.82) is 0 Å². The number of nitrogens with zero attached hydrogens (tertiary/aromatic N) is 1. The largest absolute Gasteiger partial charge is 0.379 e. The van der Waals surface area contributed by atoms with Crippen LogP contribution in [0.3, 0.4) is 0 Å². The van der Waals surface area contributed by atoms with Gasteiger partial charge in [-0.15, -0.1) is 0 Å². The van der Waals surface area contributed by atoms with Crippen molar-refractivity contribution in [2.24, 2.45) is 0 Å². The van der Waals surface area contributed by atoms with E-state index < -0.39 is 10.0 Å². The molecule has 27 heavy (non-hydrogen) atoms. The molecule has 1 atom stereocenters. The Labute approximate surface area is 164 Å². The summed E-state index contributed by atoms with van der Waals surface area (Å²) in [7, 11) is -3.54. The Kier molecular flexibility index (Phi) is 6.83. The van der Waals surface area contributed by atoms with E-state index in [0.717, 1.165) is 5.56 Å². The van der Waals surface area contributed by atoms with Crippen molar-refractivity contribution < 1.29 is 17.5 Å². The van der Waals surface area contributed by atoms with Crippen molar-refractivity contribution >= 4 is 21.6 Å². The maximum absolute atomic E-state index is 13.3. The highest BCUT2D eigenvalue weighted by atomic mass is 35.5. The van der Waals surface area contributed by atoms with Crippen molar-refractivity contribution in [2.45, 2.75) is 11.8 Å². The second-order valence-corrected chi connectivity index (χ2v) is 8.70. The van der Waals surface area contributed by atoms with Crippen LogP contribution in [0.15, 0.2) is 48.5 Å². The van der Waals surface area contributed by atoms with Crippen LogP contribution >= 0.6 is 11.6 Å². The number of nitrogens with one attached hydrogen (secondary N) is 1. The van der Waals surface area contributed by atoms with Gasteiger partial charge in [0.25, 0.3) is 0 Å². The van der Waals surface area contributed by atoms with Crippen LogP contribution in [0.4, 0.5) is 4.39 Å². The predicted octanol–water partition coefficient (Wildman–Crippen LogP) is 2.97. The lowest BCUT2D eigenvalue weighted by atomic mass is 10.0. The molecule has 1 aliphatic heterocycles. The van der Waals surface area contributed by atoms with E-state index in [0.29, 0.717) is 36.9 Å². The molecule has 1 N–H and O–H groups in total. The molecule has 1 saturated heterocycles. The SMILES string of the molecule is O=S(=O)(Cc1cccc(Cl)c1)NC[C@H](c1ccc(F)cc1)N1CCOCC1. The fourth-order valence-corrected chi connectivity index (χ4v) is 4.48. The minimum atomic E-state index is -3.54. The first kappa shape index (κ1) is 20.2. The van der Waals surface area contributed by atoms with E-state index in [4.69, 9.17) is 16.3 Å². The number of hydrogen-bond donors (Lipinski definition) is 1. The summed E-state index contributed by atoms with van der Waals surface area (Å²) >= 11 is 5.93. The van der Waals surface area contributed by atoms with Gasteiger partial charge < -0.3 is 4.74 Å². The van der Waals surface area contributed by atoms with Gasteiger partial charge >= 0.3 is 0 Å². The van der Waals surface area contributed by atoms with Crippen LogP contribution < -0.4 is 4.72 Å². The molecular weight excluding hydrogens is 391 g/mol. The molecule has 0 unspecified atom stereocenters. The predicted molar refractivity (Wildman–Crippen MR) is 104 cm³/mol. The molecule has 0 spiro atoms. The molecule has 8 heteroatoms. The third-order valence-electron chi connectivity index (χ3n) is 4.48. The molecule has 3 rings (SSSR count). The molecule has 0 aromatic heterocycles. The van der Waals surface area contributed by atoms with Gasteiger partial charge in [0.1, 0.15) is 5.82 Å². The number of morpholine rings is 1. The molecule has 1 fully saturated rings. The quantitative estimate of drug-likeness (QED) is 0.759. The Morgan fingerprint density at radius 1 is 1.15 bits per heavy atom. The van der Waals surface area contributed by atoms with E-state index in [1.54, 1.807) is 36.4 Å². The Balaban J connectivity index is 1.72. The lowest BCUT2D eigenvalue weighted by Crippen LogP contribution is -2.44. The maximum atomic E-state index is 13.3. The van der Waals surface area contributed by atoms with Crippen LogP contribution in [0.25, 0.3) is 0 Å². The zero-order chi connectivity index (χ0) is 19.3. The van der Waals surface area contributed by atoms with Gasteiger partial charge in [0.15, 0.2) is 0 Å². The number of halogens is 2. The van der Waals surface area contributed by atoms with Gasteiger partial charge in [0, 0.05) is 30.7 Å². The van der Waals surface area contributed by atoms with Crippen LogP contribution in [-0.4, -0.2) is 46.2 Å². The van der Waals surface area contributed by atoms with Gasteiger partial charge in [-0.05, 0) is 35.4 Å². The van der Waals surface area contributed by atoms with E-state index in [1.807, 2.05) is 0 Å². The molecular formula is C19H22ClFN2O3S. The van der Waals surface area contributed by atoms with Gasteiger partial charge in [0.05, 0.1) is 19.0 Å². The van der Waals surface area contributed by atoms with Gasteiger partial charge in [-0.2, -0.15) is 0 Å². The summed E-state index contributed by atoms with van der Waals surface area (Å²) in [4.78, 5) is 2.15. The van der Waals surface area contributed by atoms with Gasteiger partial charge in [-0.1, -0.05) is 35.9 Å². The van der Waals surface area contributed by atoms with Crippen molar-refractivity contribution in [3.05, 3.63) is 70.5 Å². The molecule has 0 bridgehead atoms. The molecule has 0 amide bonds. The first-order valence-corrected chi connectivity index (χ1v) is 10.7. The lowest BCUT2D eigenvalue weighted by molar-refractivity contribution is 0.0172. The Hall–Kier alpha value is -1.51. The molecule has 5 nitrogen and oxygen atoms in total. The van der Waals surface area contributed by atoms with Crippen molar-refractivity contribution in [2.75, 3.05) is 32.8 Å². The molecule has 146 valence electrons. The first-order chi connectivity index (χ1) is 12.9. The standard InChI is InChI=1S/C19H22ClFN2O3S/c20-17-3-1-2-15(12-17)14-27(24,25)22-13-19(23-8-10-26-11-9-23)16-4-6-18(21)7-5-16/h1-7,12,19,22H,8-11,13-14H2/t19-/m1/s1. The molecule has 2 aromatic rings. The van der Waals surface area contributed by atoms with Crippen LogP contribution in [0, 0.1) is 5.82 Å². The van der Waals surface area contributed by atoms with Crippen molar-refractivity contribution in [1.82, 2.24) is 9.62 Å². The fourth-order valence-electron chi connectivity index (χ4n) is 3.13. The summed E-state index contributed by atoms with van der Waals surface area (Å²) < 4.78 is 46.4. The summed E-state index contributed by atoms with van der Waals surface area (Å²) in [5.41, 5.74) is 1.49. The summed E-state index contributed by atoms with van der Waals surface area (Å²) in [6.45, 7) is 2.77. The van der Waals surface area contributed by atoms with Gasteiger partial charge in [0.2, 0.25) is 10.0 Å². The second-order valence-electron chi connectivity index (χ2n) is 6.45. The molecule has 1 aliphatic rings. The Morgan fingerprint density at radius 2 is 1.85 bits per heavy atom. The molecule has 0 aliphatic carbocycles. The average Bonchev–Trinajstić information content (AvgIpc) is 2.64. The fraction of sp³-hybridized carbons (Fsp3) is 0.368. The minimum Gasteiger partial charge on any atom is -0.379 e. The molecule has 0 saturated carbocycles. The first-order valence-electron chi connectivity index (χ1n) is 8.72. The second kappa shape index (κ2) is 9.12. The topological polar surface area (TPSA) is 58.6 Å². The summed E-state index contributed by atoms with van der Waals surface area (Å²) in [6.07, 6.45) is 0.